The van der Waals surface area contributed by atoms with Crippen molar-refractivity contribution in [3.05, 3.63) is 53.9 Å². The van der Waals surface area contributed by atoms with Crippen molar-refractivity contribution in [2.45, 2.75) is 82.4 Å². The van der Waals surface area contributed by atoms with Crippen molar-refractivity contribution in [3.8, 4) is 11.1 Å². The zero-order valence-electron chi connectivity index (χ0n) is 18.1. The van der Waals surface area contributed by atoms with E-state index in [-0.39, 0.29) is 0 Å². The molecule has 0 fully saturated rings. The van der Waals surface area contributed by atoms with E-state index in [0.29, 0.717) is 6.42 Å². The second-order valence-corrected chi connectivity index (χ2v) is 8.70. The van der Waals surface area contributed by atoms with Crippen molar-refractivity contribution in [2.75, 3.05) is 0 Å². The summed E-state index contributed by atoms with van der Waals surface area (Å²) in [5.74, 6) is 0. The third-order valence-corrected chi connectivity index (χ3v) is 6.22. The molecule has 0 amide bonds. The van der Waals surface area contributed by atoms with Crippen LogP contribution in [-0.4, -0.2) is 15.9 Å². The number of aryl methyl sites for hydroxylation is 1. The molecule has 0 saturated carbocycles. The molecule has 0 aliphatic rings. The monoisotopic (exact) mass is 422 g/mol. The maximum atomic E-state index is 10.9. The Balaban J connectivity index is 1.53. The van der Waals surface area contributed by atoms with E-state index in [1.807, 2.05) is 10.7 Å². The van der Waals surface area contributed by atoms with Crippen LogP contribution in [0.4, 0.5) is 0 Å². The molecule has 0 spiro atoms. The summed E-state index contributed by atoms with van der Waals surface area (Å²) in [7, 11) is 0. The lowest BCUT2D eigenvalue weighted by atomic mass is 10.00. The fourth-order valence-corrected chi connectivity index (χ4v) is 4.43. The topological polar surface area (TPSA) is 34.4 Å². The van der Waals surface area contributed by atoms with E-state index in [2.05, 4.69) is 42.4 Å². The molecule has 1 aromatic carbocycles. The molecule has 2 heterocycles. The average Bonchev–Trinajstić information content (AvgIpc) is 3.15. The number of carbonyl (C=O) groups excluding carboxylic acids is 1. The van der Waals surface area contributed by atoms with Crippen LogP contribution in [0.15, 0.2) is 47.6 Å². The highest BCUT2D eigenvalue weighted by Gasteiger charge is 2.08. The van der Waals surface area contributed by atoms with Crippen molar-refractivity contribution < 1.29 is 4.79 Å². The van der Waals surface area contributed by atoms with Crippen LogP contribution in [-0.2, 0) is 17.6 Å². The first-order valence-corrected chi connectivity index (χ1v) is 11.9. The standard InChI is InChI=1S/C26H34N2OS/c1-2-3-4-5-6-7-8-9-10-11-21-12-13-24(26(30)18-21)22-14-16-28-25(19-22)23(15-17-29)20-27-28/h12-14,16-20,30H,2-11,15H2,1H3. The Morgan fingerprint density at radius 1 is 0.967 bits per heavy atom. The van der Waals surface area contributed by atoms with Gasteiger partial charge in [0.2, 0.25) is 0 Å². The number of unbranched alkanes of at least 4 members (excludes halogenated alkanes) is 8. The molecule has 0 aliphatic heterocycles. The molecular formula is C26H34N2OS. The fourth-order valence-electron chi connectivity index (χ4n) is 4.06. The Morgan fingerprint density at radius 2 is 1.70 bits per heavy atom. The Kier molecular flexibility index (Phi) is 9.00. The van der Waals surface area contributed by atoms with Crippen LogP contribution < -0.4 is 0 Å². The third kappa shape index (κ3) is 6.21. The van der Waals surface area contributed by atoms with Crippen molar-refractivity contribution in [1.82, 2.24) is 9.61 Å². The molecule has 4 heteroatoms. The number of rotatable bonds is 13. The summed E-state index contributed by atoms with van der Waals surface area (Å²) in [6.45, 7) is 2.27. The number of nitrogens with zero attached hydrogens (tertiary/aromatic N) is 2. The summed E-state index contributed by atoms with van der Waals surface area (Å²) in [5, 5.41) is 4.32. The molecule has 160 valence electrons. The zero-order valence-corrected chi connectivity index (χ0v) is 19.0. The van der Waals surface area contributed by atoms with Gasteiger partial charge in [0.05, 0.1) is 11.7 Å². The molecule has 0 radical (unpaired) electrons. The van der Waals surface area contributed by atoms with Gasteiger partial charge in [-0.05, 0) is 47.7 Å². The molecule has 0 N–H and O–H groups in total. The highest BCUT2D eigenvalue weighted by molar-refractivity contribution is 7.80. The minimum absolute atomic E-state index is 0.387. The Bertz CT molecular complexity index is 947. The van der Waals surface area contributed by atoms with Gasteiger partial charge in [-0.15, -0.1) is 12.6 Å². The quantitative estimate of drug-likeness (QED) is 0.181. The minimum atomic E-state index is 0.387. The fraction of sp³-hybridized carbons (Fsp3) is 0.462. The van der Waals surface area contributed by atoms with Crippen LogP contribution >= 0.6 is 12.6 Å². The maximum Gasteiger partial charge on any atom is 0.124 e. The lowest BCUT2D eigenvalue weighted by Gasteiger charge is -2.09. The molecule has 0 aliphatic carbocycles. The second kappa shape index (κ2) is 11.9. The van der Waals surface area contributed by atoms with Gasteiger partial charge < -0.3 is 4.79 Å². The summed E-state index contributed by atoms with van der Waals surface area (Å²) in [6, 6.07) is 10.8. The maximum absolute atomic E-state index is 10.9. The second-order valence-electron chi connectivity index (χ2n) is 8.22. The van der Waals surface area contributed by atoms with E-state index in [4.69, 9.17) is 12.6 Å². The number of fused-ring (bicyclic) bond motifs is 1. The molecule has 3 aromatic rings. The van der Waals surface area contributed by atoms with Crippen molar-refractivity contribution in [1.29, 1.82) is 0 Å². The number of aromatic nitrogens is 2. The average molecular weight is 423 g/mol. The predicted molar refractivity (Wildman–Crippen MR) is 129 cm³/mol. The van der Waals surface area contributed by atoms with E-state index in [0.717, 1.165) is 39.8 Å². The minimum Gasteiger partial charge on any atom is -0.303 e. The Labute approximate surface area is 186 Å². The highest BCUT2D eigenvalue weighted by Crippen LogP contribution is 2.29. The van der Waals surface area contributed by atoms with Gasteiger partial charge >= 0.3 is 0 Å². The van der Waals surface area contributed by atoms with Gasteiger partial charge in [0.15, 0.2) is 0 Å². The van der Waals surface area contributed by atoms with Crippen molar-refractivity contribution in [2.24, 2.45) is 0 Å². The Hall–Kier alpha value is -2.07. The number of carbonyl (C=O) groups is 1. The molecule has 0 atom stereocenters. The van der Waals surface area contributed by atoms with Gasteiger partial charge in [0.25, 0.3) is 0 Å². The molecular weight excluding hydrogens is 388 g/mol. The van der Waals surface area contributed by atoms with Crippen LogP contribution in [0, 0.1) is 0 Å². The normalized spacial score (nSPS) is 11.3. The van der Waals surface area contributed by atoms with E-state index in [1.165, 1.54) is 63.4 Å². The number of thiol groups is 1. The van der Waals surface area contributed by atoms with E-state index in [1.54, 1.807) is 6.20 Å². The molecule has 0 bridgehead atoms. The summed E-state index contributed by atoms with van der Waals surface area (Å²) < 4.78 is 1.82. The van der Waals surface area contributed by atoms with Crippen molar-refractivity contribution >= 4 is 24.4 Å². The molecule has 0 saturated heterocycles. The summed E-state index contributed by atoms with van der Waals surface area (Å²) >= 11 is 4.77. The van der Waals surface area contributed by atoms with E-state index < -0.39 is 0 Å². The first-order valence-electron chi connectivity index (χ1n) is 11.4. The Morgan fingerprint density at radius 3 is 2.40 bits per heavy atom. The lowest BCUT2D eigenvalue weighted by Crippen LogP contribution is -1.92. The molecule has 3 nitrogen and oxygen atoms in total. The molecule has 2 aromatic heterocycles. The van der Waals surface area contributed by atoms with Crippen LogP contribution in [0.25, 0.3) is 16.6 Å². The first-order chi connectivity index (χ1) is 14.7. The summed E-state index contributed by atoms with van der Waals surface area (Å²) in [5.41, 5.74) is 5.52. The van der Waals surface area contributed by atoms with E-state index >= 15 is 0 Å². The van der Waals surface area contributed by atoms with Gasteiger partial charge in [0, 0.05) is 23.1 Å². The number of aldehydes is 1. The van der Waals surface area contributed by atoms with Gasteiger partial charge in [-0.25, -0.2) is 4.52 Å². The van der Waals surface area contributed by atoms with Crippen molar-refractivity contribution in [3.63, 3.8) is 0 Å². The van der Waals surface area contributed by atoms with Gasteiger partial charge in [-0.2, -0.15) is 5.10 Å². The highest BCUT2D eigenvalue weighted by atomic mass is 32.1. The summed E-state index contributed by atoms with van der Waals surface area (Å²) in [6.07, 6.45) is 18.4. The van der Waals surface area contributed by atoms with E-state index in [9.17, 15) is 4.79 Å². The van der Waals surface area contributed by atoms with Crippen LogP contribution in [0.2, 0.25) is 0 Å². The van der Waals surface area contributed by atoms with Gasteiger partial charge in [-0.3, -0.25) is 0 Å². The lowest BCUT2D eigenvalue weighted by molar-refractivity contribution is -0.107. The molecule has 3 rings (SSSR count). The molecule has 0 unspecified atom stereocenters. The number of hydrogen-bond acceptors (Lipinski definition) is 3. The van der Waals surface area contributed by atoms with Gasteiger partial charge in [-0.1, -0.05) is 70.4 Å². The number of pyridine rings is 1. The van der Waals surface area contributed by atoms with Gasteiger partial charge in [0.1, 0.15) is 6.29 Å². The van der Waals surface area contributed by atoms with Crippen LogP contribution in [0.1, 0.15) is 75.8 Å². The number of hydrogen-bond donors (Lipinski definition) is 1. The SMILES string of the molecule is CCCCCCCCCCCc1ccc(-c2ccn3ncc(CC=O)c3c2)c(S)c1. The smallest absolute Gasteiger partial charge is 0.124 e. The third-order valence-electron chi connectivity index (χ3n) is 5.85. The number of benzene rings is 1. The predicted octanol–water partition coefficient (Wildman–Crippen LogP) is 7.10. The van der Waals surface area contributed by atoms with Crippen LogP contribution in [0.3, 0.4) is 0 Å². The van der Waals surface area contributed by atoms with Crippen LogP contribution in [0.5, 0.6) is 0 Å². The molecule has 30 heavy (non-hydrogen) atoms. The largest absolute Gasteiger partial charge is 0.303 e. The first kappa shape index (κ1) is 22.6. The summed E-state index contributed by atoms with van der Waals surface area (Å²) in [4.78, 5) is 11.9. The zero-order chi connectivity index (χ0) is 21.2.